The Kier molecular flexibility index (Phi) is 7.53. The maximum atomic E-state index is 12.1. The van der Waals surface area contributed by atoms with Crippen molar-refractivity contribution in [2.24, 2.45) is 0 Å². The van der Waals surface area contributed by atoms with Crippen molar-refractivity contribution < 1.29 is 23.9 Å². The van der Waals surface area contributed by atoms with Gasteiger partial charge in [-0.1, -0.05) is 19.1 Å². The summed E-state index contributed by atoms with van der Waals surface area (Å²) in [6, 6.07) is 6.64. The molecule has 23 heavy (non-hydrogen) atoms. The number of nitrogens with one attached hydrogen (secondary N) is 1. The molecule has 124 valence electrons. The summed E-state index contributed by atoms with van der Waals surface area (Å²) in [6.07, 6.45) is 2.14. The highest BCUT2D eigenvalue weighted by atomic mass is 16.5. The molecule has 0 heterocycles. The van der Waals surface area contributed by atoms with Crippen LogP contribution in [0.2, 0.25) is 0 Å². The molecule has 1 N–H and O–H groups in total. The number of hydrogen-bond acceptors (Lipinski definition) is 6. The SMILES string of the molecule is CCCC(=O)C(=CNc1ccccc1C(=O)OC)C(=O)OCC. The van der Waals surface area contributed by atoms with E-state index in [4.69, 9.17) is 9.47 Å². The van der Waals surface area contributed by atoms with Crippen LogP contribution in [0.5, 0.6) is 0 Å². The van der Waals surface area contributed by atoms with E-state index < -0.39 is 11.9 Å². The minimum atomic E-state index is -0.686. The quantitative estimate of drug-likeness (QED) is 0.343. The van der Waals surface area contributed by atoms with Crippen LogP contribution >= 0.6 is 0 Å². The lowest BCUT2D eigenvalue weighted by Gasteiger charge is -2.09. The van der Waals surface area contributed by atoms with E-state index in [9.17, 15) is 14.4 Å². The second-order valence-electron chi connectivity index (χ2n) is 4.63. The van der Waals surface area contributed by atoms with Gasteiger partial charge in [-0.2, -0.15) is 0 Å². The Labute approximate surface area is 135 Å². The smallest absolute Gasteiger partial charge is 0.343 e. The molecule has 0 aromatic heterocycles. The molecule has 6 heteroatoms. The summed E-state index contributed by atoms with van der Waals surface area (Å²) in [5.74, 6) is -1.51. The van der Waals surface area contributed by atoms with Gasteiger partial charge in [-0.3, -0.25) is 4.79 Å². The monoisotopic (exact) mass is 319 g/mol. The maximum absolute atomic E-state index is 12.1. The van der Waals surface area contributed by atoms with Crippen LogP contribution in [0.15, 0.2) is 36.0 Å². The molecule has 0 amide bonds. The van der Waals surface area contributed by atoms with E-state index in [1.807, 2.05) is 6.92 Å². The molecule has 0 fully saturated rings. The van der Waals surface area contributed by atoms with E-state index in [0.717, 1.165) is 0 Å². The van der Waals surface area contributed by atoms with Gasteiger partial charge in [-0.25, -0.2) is 9.59 Å². The first kappa shape index (κ1) is 18.4. The van der Waals surface area contributed by atoms with Gasteiger partial charge < -0.3 is 14.8 Å². The summed E-state index contributed by atoms with van der Waals surface area (Å²) in [6.45, 7) is 3.69. The third-order valence-electron chi connectivity index (χ3n) is 2.98. The van der Waals surface area contributed by atoms with Crippen molar-refractivity contribution in [2.45, 2.75) is 26.7 Å². The second-order valence-corrected chi connectivity index (χ2v) is 4.63. The fourth-order valence-electron chi connectivity index (χ4n) is 1.87. The van der Waals surface area contributed by atoms with Crippen molar-refractivity contribution in [1.29, 1.82) is 0 Å². The molecule has 0 radical (unpaired) electrons. The van der Waals surface area contributed by atoms with Crippen molar-refractivity contribution in [3.8, 4) is 0 Å². The van der Waals surface area contributed by atoms with Crippen LogP contribution in [0.3, 0.4) is 0 Å². The van der Waals surface area contributed by atoms with Crippen molar-refractivity contribution in [3.63, 3.8) is 0 Å². The third-order valence-corrected chi connectivity index (χ3v) is 2.98. The largest absolute Gasteiger partial charge is 0.465 e. The molecule has 0 atom stereocenters. The van der Waals surface area contributed by atoms with E-state index >= 15 is 0 Å². The van der Waals surface area contributed by atoms with Gasteiger partial charge in [-0.15, -0.1) is 0 Å². The van der Waals surface area contributed by atoms with E-state index in [1.54, 1.807) is 31.2 Å². The highest BCUT2D eigenvalue weighted by Gasteiger charge is 2.19. The van der Waals surface area contributed by atoms with Crippen molar-refractivity contribution in [2.75, 3.05) is 19.0 Å². The third kappa shape index (κ3) is 5.25. The van der Waals surface area contributed by atoms with Gasteiger partial charge in [-0.05, 0) is 25.5 Å². The maximum Gasteiger partial charge on any atom is 0.343 e. The summed E-state index contributed by atoms with van der Waals surface area (Å²) in [5, 5.41) is 2.82. The van der Waals surface area contributed by atoms with Crippen molar-refractivity contribution >= 4 is 23.4 Å². The van der Waals surface area contributed by atoms with Gasteiger partial charge >= 0.3 is 11.9 Å². The summed E-state index contributed by atoms with van der Waals surface area (Å²) in [5.41, 5.74) is 0.663. The lowest BCUT2D eigenvalue weighted by molar-refractivity contribution is -0.140. The van der Waals surface area contributed by atoms with Crippen LogP contribution in [0.1, 0.15) is 37.0 Å². The summed E-state index contributed by atoms with van der Waals surface area (Å²) >= 11 is 0. The van der Waals surface area contributed by atoms with Gasteiger partial charge in [0.15, 0.2) is 5.78 Å². The van der Waals surface area contributed by atoms with Gasteiger partial charge in [0.25, 0.3) is 0 Å². The highest BCUT2D eigenvalue weighted by Crippen LogP contribution is 2.17. The van der Waals surface area contributed by atoms with Gasteiger partial charge in [0.05, 0.1) is 25.0 Å². The Morgan fingerprint density at radius 3 is 2.48 bits per heavy atom. The number of esters is 2. The minimum absolute atomic E-state index is 0.0756. The predicted octanol–water partition coefficient (Wildman–Crippen LogP) is 2.70. The molecule has 0 saturated heterocycles. The number of ether oxygens (including phenoxy) is 2. The Morgan fingerprint density at radius 2 is 1.87 bits per heavy atom. The number of carbonyl (C=O) groups excluding carboxylic acids is 3. The Morgan fingerprint density at radius 1 is 1.17 bits per heavy atom. The number of hydrogen-bond donors (Lipinski definition) is 1. The van der Waals surface area contributed by atoms with E-state index in [2.05, 4.69) is 5.32 Å². The van der Waals surface area contributed by atoms with E-state index in [1.165, 1.54) is 13.3 Å². The molecule has 0 saturated carbocycles. The molecule has 6 nitrogen and oxygen atoms in total. The van der Waals surface area contributed by atoms with E-state index in [0.29, 0.717) is 17.7 Å². The number of rotatable bonds is 8. The number of anilines is 1. The van der Waals surface area contributed by atoms with E-state index in [-0.39, 0.29) is 24.4 Å². The predicted molar refractivity (Wildman–Crippen MR) is 86.0 cm³/mol. The molecule has 0 aliphatic heterocycles. The molecular weight excluding hydrogens is 298 g/mol. The molecule has 0 unspecified atom stereocenters. The molecule has 0 bridgehead atoms. The van der Waals surface area contributed by atoms with Gasteiger partial charge in [0.1, 0.15) is 5.57 Å². The second kappa shape index (κ2) is 9.40. The zero-order valence-corrected chi connectivity index (χ0v) is 13.5. The highest BCUT2D eigenvalue weighted by molar-refractivity contribution is 6.17. The van der Waals surface area contributed by atoms with Gasteiger partial charge in [0, 0.05) is 12.6 Å². The van der Waals surface area contributed by atoms with Gasteiger partial charge in [0.2, 0.25) is 0 Å². The standard InChI is InChI=1S/C17H21NO5/c1-4-8-15(19)13(17(21)23-5-2)11-18-14-10-7-6-9-12(14)16(20)22-3/h6-7,9-11,18H,4-5,8H2,1-3H3. The molecule has 1 aromatic carbocycles. The van der Waals surface area contributed by atoms with Crippen LogP contribution in [0.25, 0.3) is 0 Å². The number of methoxy groups -OCH3 is 1. The molecular formula is C17H21NO5. The van der Waals surface area contributed by atoms with Crippen LogP contribution in [-0.2, 0) is 19.1 Å². The first-order chi connectivity index (χ1) is 11.0. The van der Waals surface area contributed by atoms with Crippen LogP contribution < -0.4 is 5.32 Å². The number of benzene rings is 1. The van der Waals surface area contributed by atoms with Crippen LogP contribution in [0.4, 0.5) is 5.69 Å². The number of carbonyl (C=O) groups is 3. The topological polar surface area (TPSA) is 81.7 Å². The normalized spacial score (nSPS) is 10.8. The van der Waals surface area contributed by atoms with Crippen LogP contribution in [-0.4, -0.2) is 31.4 Å². The molecule has 0 aliphatic carbocycles. The minimum Gasteiger partial charge on any atom is -0.465 e. The lowest BCUT2D eigenvalue weighted by Crippen LogP contribution is -2.17. The molecule has 1 rings (SSSR count). The fraction of sp³-hybridized carbons (Fsp3) is 0.353. The summed E-state index contributed by atoms with van der Waals surface area (Å²) < 4.78 is 9.60. The Hall–Kier alpha value is -2.63. The van der Waals surface area contributed by atoms with Crippen molar-refractivity contribution in [3.05, 3.63) is 41.6 Å². The fourth-order valence-corrected chi connectivity index (χ4v) is 1.87. The zero-order chi connectivity index (χ0) is 17.2. The zero-order valence-electron chi connectivity index (χ0n) is 13.5. The molecule has 0 aliphatic rings. The number of Topliss-reactive ketones (excluding diaryl/α,β-unsaturated/α-hetero) is 1. The summed E-state index contributed by atoms with van der Waals surface area (Å²) in [4.78, 5) is 35.7. The number of para-hydroxylation sites is 1. The Bertz CT molecular complexity index is 587. The average molecular weight is 319 g/mol. The first-order valence-electron chi connectivity index (χ1n) is 7.39. The average Bonchev–Trinajstić information content (AvgIpc) is 2.55. The molecule has 1 aromatic rings. The Balaban J connectivity index is 3.08. The lowest BCUT2D eigenvalue weighted by atomic mass is 10.1. The first-order valence-corrected chi connectivity index (χ1v) is 7.39. The van der Waals surface area contributed by atoms with Crippen molar-refractivity contribution in [1.82, 2.24) is 0 Å². The van der Waals surface area contributed by atoms with Crippen LogP contribution in [0, 0.1) is 0 Å². The number of ketones is 1. The molecule has 0 spiro atoms. The summed E-state index contributed by atoms with van der Waals surface area (Å²) in [7, 11) is 1.28.